The van der Waals surface area contributed by atoms with Crippen molar-refractivity contribution in [2.45, 2.75) is 53.9 Å². The molecule has 4 aromatic heterocycles. The van der Waals surface area contributed by atoms with Crippen LogP contribution in [0.3, 0.4) is 0 Å². The molecule has 0 spiro atoms. The van der Waals surface area contributed by atoms with Gasteiger partial charge in [-0.3, -0.25) is 38.8 Å². The number of hydrogen-bond donors (Lipinski definition) is 4. The molecule has 0 saturated carbocycles. The molecule has 1 aliphatic rings. The van der Waals surface area contributed by atoms with Crippen molar-refractivity contribution in [3.05, 3.63) is 94.6 Å². The predicted octanol–water partition coefficient (Wildman–Crippen LogP) is 3.96. The van der Waals surface area contributed by atoms with E-state index in [0.29, 0.717) is 69.7 Å². The first-order valence-corrected chi connectivity index (χ1v) is 20.9. The number of hydrogen-bond acceptors (Lipinski definition) is 13. The molecule has 7 rings (SSSR count). The summed E-state index contributed by atoms with van der Waals surface area (Å²) in [5.41, 5.74) is 16.6. The smallest absolute Gasteiger partial charge is 0.276 e. The van der Waals surface area contributed by atoms with Crippen molar-refractivity contribution in [2.24, 2.45) is 11.5 Å². The van der Waals surface area contributed by atoms with Crippen LogP contribution in [0, 0.1) is 13.8 Å². The molecule has 5 heterocycles. The summed E-state index contributed by atoms with van der Waals surface area (Å²) >= 11 is 0. The number of allylic oxidation sites excluding steroid dienone is 2. The van der Waals surface area contributed by atoms with Crippen molar-refractivity contribution < 1.29 is 33.4 Å². The molecule has 1 fully saturated rings. The standard InChI is InChI=1S/C37H45N11O6.C7H10N2O/c1-5-48-28(18-23(2)44-48)35(51)43-37-42-26-19-24(33(38)49)21-29(52-4)31(26)47(37)12-7-6-11-46-32-27(41-36(46)40-3)20-25(34(39)50)22-30(32)54-15-9-8-10-45-13-16-53-17-14-45;1-3-9-7(5-10)4-6(2)8-9/h6-9,18-22H,5,10-17H2,1-4H3,(H2,38,49)(H2,39,50)(H,40,41)(H,42,43,51);4-5H,3H2,1-2H3/b7-6+,9-8+;. The molecule has 1 aliphatic heterocycles. The lowest BCUT2D eigenvalue weighted by atomic mass is 10.1. The Bertz CT molecular complexity index is 2700. The molecule has 338 valence electrons. The molecule has 6 N–H and O–H groups in total. The number of benzene rings is 2. The number of anilines is 2. The molecule has 3 amide bonds. The molecule has 0 aliphatic carbocycles. The Morgan fingerprint density at radius 2 is 1.33 bits per heavy atom. The van der Waals surface area contributed by atoms with Gasteiger partial charge in [0.2, 0.25) is 23.7 Å². The summed E-state index contributed by atoms with van der Waals surface area (Å²) in [5, 5.41) is 14.5. The quantitative estimate of drug-likeness (QED) is 0.0707. The van der Waals surface area contributed by atoms with E-state index in [1.807, 2.05) is 50.5 Å². The van der Waals surface area contributed by atoms with Gasteiger partial charge in [-0.25, -0.2) is 9.97 Å². The normalized spacial score (nSPS) is 13.1. The number of aldehydes is 1. The van der Waals surface area contributed by atoms with E-state index in [1.54, 1.807) is 57.4 Å². The van der Waals surface area contributed by atoms with Crippen molar-refractivity contribution >= 4 is 58.0 Å². The van der Waals surface area contributed by atoms with E-state index >= 15 is 0 Å². The summed E-state index contributed by atoms with van der Waals surface area (Å²) in [5.74, 6) is -0.0126. The highest BCUT2D eigenvalue weighted by atomic mass is 16.5. The van der Waals surface area contributed by atoms with Crippen molar-refractivity contribution in [1.29, 1.82) is 0 Å². The first-order valence-electron chi connectivity index (χ1n) is 20.9. The number of imidazole rings is 2. The number of nitrogens with zero attached hydrogens (tertiary/aromatic N) is 9. The fraction of sp³-hybridized carbons (Fsp3) is 0.364. The average molecular weight is 878 g/mol. The van der Waals surface area contributed by atoms with E-state index in [4.69, 9.17) is 30.7 Å². The Kier molecular flexibility index (Phi) is 15.3. The molecule has 6 aromatic rings. The predicted molar refractivity (Wildman–Crippen MR) is 242 cm³/mol. The highest BCUT2D eigenvalue weighted by Crippen LogP contribution is 2.33. The molecule has 64 heavy (non-hydrogen) atoms. The topological polar surface area (TPSA) is 247 Å². The van der Waals surface area contributed by atoms with E-state index < -0.39 is 17.7 Å². The minimum absolute atomic E-state index is 0.216. The second-order valence-electron chi connectivity index (χ2n) is 14.7. The number of ether oxygens (including phenoxy) is 3. The van der Waals surface area contributed by atoms with Gasteiger partial charge < -0.3 is 40.1 Å². The Hall–Kier alpha value is -7.32. The maximum absolute atomic E-state index is 13.5. The van der Waals surface area contributed by atoms with Gasteiger partial charge in [0.25, 0.3) is 5.91 Å². The molecule has 1 saturated heterocycles. The third kappa shape index (κ3) is 10.6. The molecular weight excluding hydrogens is 823 g/mol. The highest BCUT2D eigenvalue weighted by Gasteiger charge is 2.22. The number of primary amides is 2. The van der Waals surface area contributed by atoms with Gasteiger partial charge in [-0.1, -0.05) is 24.3 Å². The van der Waals surface area contributed by atoms with E-state index in [9.17, 15) is 19.2 Å². The molecule has 20 heteroatoms. The van der Waals surface area contributed by atoms with E-state index in [2.05, 4.69) is 36.8 Å². The van der Waals surface area contributed by atoms with Crippen LogP contribution in [0.15, 0.2) is 60.7 Å². The molecule has 0 bridgehead atoms. The number of carbonyl (C=O) groups is 4. The van der Waals surface area contributed by atoms with Gasteiger partial charge in [0.1, 0.15) is 40.5 Å². The van der Waals surface area contributed by atoms with Crippen LogP contribution in [0.4, 0.5) is 11.9 Å². The van der Waals surface area contributed by atoms with Crippen LogP contribution in [-0.4, -0.2) is 121 Å². The summed E-state index contributed by atoms with van der Waals surface area (Å²) in [6.45, 7) is 13.7. The van der Waals surface area contributed by atoms with Crippen molar-refractivity contribution in [2.75, 3.05) is 64.2 Å². The number of aryl methyl sites for hydroxylation is 4. The Morgan fingerprint density at radius 3 is 1.91 bits per heavy atom. The maximum Gasteiger partial charge on any atom is 0.276 e. The number of rotatable bonds is 18. The number of methoxy groups -OCH3 is 1. The average Bonchev–Trinajstić information content (AvgIpc) is 4.06. The Balaban J connectivity index is 0.000000600. The largest absolute Gasteiger partial charge is 0.494 e. The lowest BCUT2D eigenvalue weighted by Crippen LogP contribution is -2.36. The van der Waals surface area contributed by atoms with Gasteiger partial charge in [-0.05, 0) is 64.1 Å². The summed E-state index contributed by atoms with van der Waals surface area (Å²) in [4.78, 5) is 59.9. The lowest BCUT2D eigenvalue weighted by molar-refractivity contribution is 0.0434. The van der Waals surface area contributed by atoms with Crippen molar-refractivity contribution in [3.63, 3.8) is 0 Å². The SMILES string of the molecule is CCn1nc(C)cc1C(=O)Nc1nc2cc(C(N)=O)cc(OC)c2n1C/C=C/Cn1c(NC)nc2cc(C(N)=O)cc(OC/C=C/CN3CCOCC3)c21.CCn1nc(C)cc1C=O. The van der Waals surface area contributed by atoms with Gasteiger partial charge in [0.05, 0.1) is 42.7 Å². The van der Waals surface area contributed by atoms with E-state index in [0.717, 1.165) is 51.4 Å². The third-order valence-corrected chi connectivity index (χ3v) is 10.4. The first-order chi connectivity index (χ1) is 30.9. The number of aromatic nitrogens is 8. The van der Waals surface area contributed by atoms with Crippen LogP contribution in [0.2, 0.25) is 0 Å². The van der Waals surface area contributed by atoms with Crippen LogP contribution in [0.1, 0.15) is 66.9 Å². The molecule has 20 nitrogen and oxygen atoms in total. The summed E-state index contributed by atoms with van der Waals surface area (Å²) in [7, 11) is 3.25. The van der Waals surface area contributed by atoms with Gasteiger partial charge in [-0.2, -0.15) is 10.2 Å². The summed E-state index contributed by atoms with van der Waals surface area (Å²) in [6, 6.07) is 9.87. The van der Waals surface area contributed by atoms with Crippen molar-refractivity contribution in [1.82, 2.24) is 43.6 Å². The highest BCUT2D eigenvalue weighted by molar-refractivity contribution is 6.04. The van der Waals surface area contributed by atoms with Crippen LogP contribution in [-0.2, 0) is 30.9 Å². The maximum atomic E-state index is 13.5. The number of nitrogens with one attached hydrogen (secondary N) is 2. The van der Waals surface area contributed by atoms with E-state index in [1.165, 1.54) is 7.11 Å². The number of amides is 3. The fourth-order valence-electron chi connectivity index (χ4n) is 7.27. The minimum atomic E-state index is -0.638. The van der Waals surface area contributed by atoms with Crippen LogP contribution >= 0.6 is 0 Å². The molecular formula is C44H55N13O7. The fourth-order valence-corrected chi connectivity index (χ4v) is 7.27. The van der Waals surface area contributed by atoms with Gasteiger partial charge in [0, 0.05) is 64.0 Å². The lowest BCUT2D eigenvalue weighted by Gasteiger charge is -2.25. The van der Waals surface area contributed by atoms with Crippen LogP contribution in [0.5, 0.6) is 11.5 Å². The molecule has 0 unspecified atom stereocenters. The van der Waals surface area contributed by atoms with Crippen LogP contribution in [0.25, 0.3) is 22.1 Å². The zero-order valence-electron chi connectivity index (χ0n) is 37.0. The third-order valence-electron chi connectivity index (χ3n) is 10.4. The van der Waals surface area contributed by atoms with Gasteiger partial charge in [0.15, 0.2) is 6.29 Å². The number of morpholine rings is 1. The monoisotopic (exact) mass is 877 g/mol. The molecule has 0 radical (unpaired) electrons. The minimum Gasteiger partial charge on any atom is -0.494 e. The zero-order valence-corrected chi connectivity index (χ0v) is 37.0. The molecule has 2 aromatic carbocycles. The van der Waals surface area contributed by atoms with Crippen LogP contribution < -0.4 is 31.6 Å². The zero-order chi connectivity index (χ0) is 45.9. The van der Waals surface area contributed by atoms with Gasteiger partial charge >= 0.3 is 0 Å². The van der Waals surface area contributed by atoms with Crippen molar-refractivity contribution in [3.8, 4) is 11.5 Å². The second-order valence-corrected chi connectivity index (χ2v) is 14.7. The Labute approximate surface area is 369 Å². The first kappa shape index (κ1) is 46.2. The Morgan fingerprint density at radius 1 is 0.766 bits per heavy atom. The number of carbonyl (C=O) groups excluding carboxylic acids is 4. The molecule has 0 atom stereocenters. The van der Waals surface area contributed by atoms with E-state index in [-0.39, 0.29) is 30.2 Å². The number of fused-ring (bicyclic) bond motifs is 2. The summed E-state index contributed by atoms with van der Waals surface area (Å²) in [6.07, 6.45) is 8.67. The number of nitrogens with two attached hydrogens (primary N) is 2. The second kappa shape index (κ2) is 21.2. The summed E-state index contributed by atoms with van der Waals surface area (Å²) < 4.78 is 24.3. The van der Waals surface area contributed by atoms with Gasteiger partial charge in [-0.15, -0.1) is 0 Å².